The molecular formula is C29H29Cl2N3O4. The van der Waals surface area contributed by atoms with E-state index in [0.29, 0.717) is 28.5 Å². The van der Waals surface area contributed by atoms with Crippen LogP contribution in [0, 0.1) is 18.3 Å². The van der Waals surface area contributed by atoms with Crippen LogP contribution in [0.2, 0.25) is 10.0 Å². The molecule has 0 radical (unpaired) electrons. The number of nitrogens with one attached hydrogen (secondary N) is 2. The van der Waals surface area contributed by atoms with E-state index < -0.39 is 24.0 Å². The average molecular weight is 554 g/mol. The summed E-state index contributed by atoms with van der Waals surface area (Å²) in [7, 11) is 0. The van der Waals surface area contributed by atoms with Gasteiger partial charge in [0.05, 0.1) is 11.2 Å². The molecule has 2 amide bonds. The van der Waals surface area contributed by atoms with E-state index >= 15 is 0 Å². The summed E-state index contributed by atoms with van der Waals surface area (Å²) in [4.78, 5) is 25.9. The summed E-state index contributed by atoms with van der Waals surface area (Å²) in [5, 5.41) is 9.51. The van der Waals surface area contributed by atoms with Crippen molar-refractivity contribution in [3.05, 3.63) is 70.2 Å². The third-order valence-electron chi connectivity index (χ3n) is 5.52. The molecule has 2 atom stereocenters. The summed E-state index contributed by atoms with van der Waals surface area (Å²) < 4.78 is 11.3. The maximum Gasteiger partial charge on any atom is 0.262 e. The Bertz CT molecular complexity index is 1370. The maximum atomic E-state index is 13.0. The van der Waals surface area contributed by atoms with Crippen LogP contribution in [0.15, 0.2) is 59.7 Å². The molecule has 0 spiro atoms. The van der Waals surface area contributed by atoms with E-state index in [0.717, 1.165) is 10.8 Å². The van der Waals surface area contributed by atoms with E-state index in [9.17, 15) is 9.59 Å². The molecule has 2 N–H and O–H groups in total. The summed E-state index contributed by atoms with van der Waals surface area (Å²) in [6, 6.07) is 15.3. The number of nitrogens with zero attached hydrogens (tertiary/aromatic N) is 1. The Balaban J connectivity index is 1.72. The highest BCUT2D eigenvalue weighted by Crippen LogP contribution is 2.29. The molecule has 9 heteroatoms. The number of amides is 2. The monoisotopic (exact) mass is 553 g/mol. The van der Waals surface area contributed by atoms with Crippen LogP contribution in [0.1, 0.15) is 32.8 Å². The van der Waals surface area contributed by atoms with Crippen LogP contribution in [0.25, 0.3) is 10.8 Å². The third-order valence-corrected chi connectivity index (χ3v) is 6.05. The summed E-state index contributed by atoms with van der Waals surface area (Å²) in [6.07, 6.45) is 6.34. The fourth-order valence-electron chi connectivity index (χ4n) is 3.70. The molecule has 0 aliphatic heterocycles. The number of halogens is 2. The van der Waals surface area contributed by atoms with Gasteiger partial charge < -0.3 is 14.8 Å². The molecule has 0 aliphatic carbocycles. The zero-order chi connectivity index (χ0) is 27.7. The van der Waals surface area contributed by atoms with Gasteiger partial charge in [-0.2, -0.15) is 5.10 Å². The Kier molecular flexibility index (Phi) is 10.4. The Hall–Kier alpha value is -3.73. The van der Waals surface area contributed by atoms with Crippen LogP contribution in [-0.4, -0.2) is 36.8 Å². The second-order valence-corrected chi connectivity index (χ2v) is 9.79. The third kappa shape index (κ3) is 7.88. The van der Waals surface area contributed by atoms with E-state index in [1.165, 1.54) is 12.3 Å². The highest BCUT2D eigenvalue weighted by atomic mass is 35.5. The number of hydrazone groups is 1. The van der Waals surface area contributed by atoms with E-state index in [1.54, 1.807) is 25.1 Å². The molecule has 0 heterocycles. The number of fused-ring (bicyclic) bond motifs is 1. The van der Waals surface area contributed by atoms with Crippen molar-refractivity contribution in [1.82, 2.24) is 10.7 Å². The molecule has 0 saturated heterocycles. The molecule has 0 bridgehead atoms. The van der Waals surface area contributed by atoms with Crippen molar-refractivity contribution in [3.8, 4) is 23.8 Å². The maximum absolute atomic E-state index is 13.0. The standard InChI is InChI=1S/C29H29Cl2N3O4/c1-5-14-37-26-12-10-20-8-6-7-9-22(20)23(26)17-32-34-29(36)25(15-18(2)3)33-28(35)19(4)38-27-13-11-21(30)16-24(27)31/h1,6-13,16-19,25H,14-15H2,2-4H3,(H,33,35)(H,34,36)/b32-17-/t19-,25-/m0/s1. The van der Waals surface area contributed by atoms with Gasteiger partial charge in [-0.05, 0) is 54.3 Å². The van der Waals surface area contributed by atoms with Gasteiger partial charge in [-0.1, -0.05) is 73.3 Å². The smallest absolute Gasteiger partial charge is 0.262 e. The van der Waals surface area contributed by atoms with Crippen molar-refractivity contribution < 1.29 is 19.1 Å². The fourth-order valence-corrected chi connectivity index (χ4v) is 4.15. The van der Waals surface area contributed by atoms with Crippen molar-refractivity contribution >= 4 is 52.0 Å². The van der Waals surface area contributed by atoms with Gasteiger partial charge in [0.15, 0.2) is 6.10 Å². The summed E-state index contributed by atoms with van der Waals surface area (Å²) >= 11 is 12.1. The van der Waals surface area contributed by atoms with Crippen LogP contribution in [-0.2, 0) is 9.59 Å². The largest absolute Gasteiger partial charge is 0.480 e. The Morgan fingerprint density at radius 3 is 2.50 bits per heavy atom. The molecule has 3 aromatic rings. The Morgan fingerprint density at radius 1 is 1.05 bits per heavy atom. The number of carbonyl (C=O) groups excluding carboxylic acids is 2. The first-order chi connectivity index (χ1) is 18.2. The minimum Gasteiger partial charge on any atom is -0.480 e. The first-order valence-electron chi connectivity index (χ1n) is 12.0. The highest BCUT2D eigenvalue weighted by molar-refractivity contribution is 6.35. The molecule has 0 aromatic heterocycles. The molecule has 0 fully saturated rings. The van der Waals surface area contributed by atoms with Crippen molar-refractivity contribution in [2.24, 2.45) is 11.0 Å². The van der Waals surface area contributed by atoms with Gasteiger partial charge in [0, 0.05) is 10.6 Å². The summed E-state index contributed by atoms with van der Waals surface area (Å²) in [5.74, 6) is 2.48. The second-order valence-electron chi connectivity index (χ2n) is 8.95. The van der Waals surface area contributed by atoms with Crippen LogP contribution in [0.5, 0.6) is 11.5 Å². The van der Waals surface area contributed by atoms with Gasteiger partial charge in [-0.25, -0.2) is 5.43 Å². The molecular weight excluding hydrogens is 525 g/mol. The van der Waals surface area contributed by atoms with Gasteiger partial charge in [0.2, 0.25) is 0 Å². The highest BCUT2D eigenvalue weighted by Gasteiger charge is 2.25. The lowest BCUT2D eigenvalue weighted by Crippen LogP contribution is -2.49. The predicted molar refractivity (Wildman–Crippen MR) is 152 cm³/mol. The molecule has 3 rings (SSSR count). The zero-order valence-electron chi connectivity index (χ0n) is 21.3. The average Bonchev–Trinajstić information content (AvgIpc) is 2.88. The number of rotatable bonds is 11. The van der Waals surface area contributed by atoms with Gasteiger partial charge in [0.1, 0.15) is 24.1 Å². The Morgan fingerprint density at radius 2 is 1.79 bits per heavy atom. The van der Waals surface area contributed by atoms with Crippen molar-refractivity contribution in [2.45, 2.75) is 39.3 Å². The number of benzene rings is 3. The first-order valence-corrected chi connectivity index (χ1v) is 12.8. The number of hydrogen-bond acceptors (Lipinski definition) is 5. The minimum atomic E-state index is -0.911. The van der Waals surface area contributed by atoms with Crippen molar-refractivity contribution in [1.29, 1.82) is 0 Å². The van der Waals surface area contributed by atoms with E-state index in [1.807, 2.05) is 44.2 Å². The summed E-state index contributed by atoms with van der Waals surface area (Å²) in [5.41, 5.74) is 3.21. The number of ether oxygens (including phenoxy) is 2. The van der Waals surface area contributed by atoms with Crippen molar-refractivity contribution in [3.63, 3.8) is 0 Å². The van der Waals surface area contributed by atoms with Gasteiger partial charge in [-0.3, -0.25) is 9.59 Å². The topological polar surface area (TPSA) is 89.0 Å². The fraction of sp³-hybridized carbons (Fsp3) is 0.276. The first kappa shape index (κ1) is 28.8. The minimum absolute atomic E-state index is 0.0928. The molecule has 38 heavy (non-hydrogen) atoms. The molecule has 3 aromatic carbocycles. The zero-order valence-corrected chi connectivity index (χ0v) is 22.8. The molecule has 198 valence electrons. The normalized spacial score (nSPS) is 12.7. The second kappa shape index (κ2) is 13.7. The van der Waals surface area contributed by atoms with E-state index in [-0.39, 0.29) is 17.5 Å². The van der Waals surface area contributed by atoms with Gasteiger partial charge in [0.25, 0.3) is 11.8 Å². The Labute approximate surface area is 232 Å². The molecule has 0 unspecified atom stereocenters. The predicted octanol–water partition coefficient (Wildman–Crippen LogP) is 5.61. The number of hydrogen-bond donors (Lipinski definition) is 2. The quantitative estimate of drug-likeness (QED) is 0.183. The van der Waals surface area contributed by atoms with Gasteiger partial charge in [-0.15, -0.1) is 6.42 Å². The van der Waals surface area contributed by atoms with E-state index in [4.69, 9.17) is 39.1 Å². The van der Waals surface area contributed by atoms with Crippen LogP contribution >= 0.6 is 23.2 Å². The van der Waals surface area contributed by atoms with E-state index in [2.05, 4.69) is 21.8 Å². The van der Waals surface area contributed by atoms with Crippen LogP contribution in [0.3, 0.4) is 0 Å². The van der Waals surface area contributed by atoms with Crippen molar-refractivity contribution in [2.75, 3.05) is 6.61 Å². The van der Waals surface area contributed by atoms with Crippen LogP contribution < -0.4 is 20.2 Å². The molecule has 0 aliphatic rings. The lowest BCUT2D eigenvalue weighted by molar-refractivity contribution is -0.132. The molecule has 0 saturated carbocycles. The van der Waals surface area contributed by atoms with Gasteiger partial charge >= 0.3 is 0 Å². The number of carbonyl (C=O) groups is 2. The summed E-state index contributed by atoms with van der Waals surface area (Å²) in [6.45, 7) is 5.57. The number of terminal acetylenes is 1. The lowest BCUT2D eigenvalue weighted by atomic mass is 10.0. The van der Waals surface area contributed by atoms with Crippen LogP contribution in [0.4, 0.5) is 0 Å². The SMILES string of the molecule is C#CCOc1ccc2ccccc2c1/C=N\NC(=O)[C@H](CC(C)C)NC(=O)[C@H](C)Oc1ccc(Cl)cc1Cl. The lowest BCUT2D eigenvalue weighted by Gasteiger charge is -2.22. The molecule has 7 nitrogen and oxygen atoms in total.